The second-order valence-electron chi connectivity index (χ2n) is 5.70. The van der Waals surface area contributed by atoms with Crippen LogP contribution in [-0.2, 0) is 22.4 Å². The number of alkyl halides is 2. The summed E-state index contributed by atoms with van der Waals surface area (Å²) < 4.78 is 26.2. The van der Waals surface area contributed by atoms with E-state index in [2.05, 4.69) is 10.4 Å². The minimum atomic E-state index is -2.79. The molecule has 25 heavy (non-hydrogen) atoms. The summed E-state index contributed by atoms with van der Waals surface area (Å²) in [5.74, 6) is -1.71. The Morgan fingerprint density at radius 2 is 1.88 bits per heavy atom. The second kappa shape index (κ2) is 7.87. The number of carboxylic acids is 1. The number of hydrogen-bond donors (Lipinski definition) is 2. The molecule has 1 aromatic heterocycles. The van der Waals surface area contributed by atoms with Crippen molar-refractivity contribution in [3.63, 3.8) is 0 Å². The predicted octanol–water partition coefficient (Wildman–Crippen LogP) is 2.25. The van der Waals surface area contributed by atoms with Gasteiger partial charge in [0.25, 0.3) is 0 Å². The molecule has 0 spiro atoms. The van der Waals surface area contributed by atoms with Gasteiger partial charge in [0.05, 0.1) is 12.1 Å². The van der Waals surface area contributed by atoms with Crippen LogP contribution < -0.4 is 5.32 Å². The summed E-state index contributed by atoms with van der Waals surface area (Å²) >= 11 is 0. The van der Waals surface area contributed by atoms with E-state index in [0.29, 0.717) is 15.9 Å². The number of nitrogens with one attached hydrogen (secondary N) is 1. The minimum Gasteiger partial charge on any atom is -0.480 e. The molecule has 1 aromatic carbocycles. The first-order valence-corrected chi connectivity index (χ1v) is 7.68. The number of aromatic nitrogens is 2. The van der Waals surface area contributed by atoms with Gasteiger partial charge in [-0.25, -0.2) is 9.48 Å². The molecule has 0 aliphatic rings. The van der Waals surface area contributed by atoms with Crippen molar-refractivity contribution in [2.75, 3.05) is 0 Å². The lowest BCUT2D eigenvalue weighted by atomic mass is 10.0. The fourth-order valence-electron chi connectivity index (χ4n) is 2.60. The zero-order valence-corrected chi connectivity index (χ0v) is 13.9. The fraction of sp³-hybridized carbons (Fsp3) is 0.353. The normalized spacial score (nSPS) is 12.2. The van der Waals surface area contributed by atoms with Gasteiger partial charge in [0, 0.05) is 17.7 Å². The smallest absolute Gasteiger partial charge is 0.333 e. The van der Waals surface area contributed by atoms with Gasteiger partial charge in [0.15, 0.2) is 0 Å². The summed E-state index contributed by atoms with van der Waals surface area (Å²) in [4.78, 5) is 23.6. The van der Waals surface area contributed by atoms with Crippen LogP contribution in [0.15, 0.2) is 30.3 Å². The quantitative estimate of drug-likeness (QED) is 0.801. The SMILES string of the molecule is Cc1nn(C(F)F)c(C)c1CC(=O)N[C@H](Cc1ccccc1)C(=O)O. The number of carbonyl (C=O) groups is 2. The maximum Gasteiger partial charge on any atom is 0.333 e. The number of hydrogen-bond acceptors (Lipinski definition) is 3. The van der Waals surface area contributed by atoms with E-state index in [1.165, 1.54) is 13.8 Å². The molecule has 1 atom stereocenters. The summed E-state index contributed by atoms with van der Waals surface area (Å²) in [7, 11) is 0. The van der Waals surface area contributed by atoms with Crippen molar-refractivity contribution >= 4 is 11.9 Å². The van der Waals surface area contributed by atoms with Crippen LogP contribution in [0.1, 0.15) is 29.1 Å². The lowest BCUT2D eigenvalue weighted by Crippen LogP contribution is -2.43. The Bertz CT molecular complexity index is 760. The first kappa shape index (κ1) is 18.6. The zero-order chi connectivity index (χ0) is 18.6. The molecular weight excluding hydrogens is 332 g/mol. The number of halogens is 2. The second-order valence-corrected chi connectivity index (χ2v) is 5.70. The summed E-state index contributed by atoms with van der Waals surface area (Å²) in [6.07, 6.45) is -0.0703. The maximum atomic E-state index is 12.8. The number of carboxylic acid groups (broad SMARTS) is 1. The molecule has 134 valence electrons. The molecule has 2 N–H and O–H groups in total. The van der Waals surface area contributed by atoms with Crippen molar-refractivity contribution in [1.29, 1.82) is 0 Å². The highest BCUT2D eigenvalue weighted by Crippen LogP contribution is 2.19. The number of nitrogens with zero attached hydrogens (tertiary/aromatic N) is 2. The summed E-state index contributed by atoms with van der Waals surface area (Å²) in [6.45, 7) is 0.195. The number of carbonyl (C=O) groups excluding carboxylic acids is 1. The third kappa shape index (κ3) is 4.62. The minimum absolute atomic E-state index is 0.135. The molecule has 0 saturated carbocycles. The molecule has 0 bridgehead atoms. The first-order valence-electron chi connectivity index (χ1n) is 7.68. The van der Waals surface area contributed by atoms with Gasteiger partial charge < -0.3 is 10.4 Å². The fourth-order valence-corrected chi connectivity index (χ4v) is 2.60. The third-order valence-electron chi connectivity index (χ3n) is 3.91. The lowest BCUT2D eigenvalue weighted by molar-refractivity contribution is -0.141. The third-order valence-corrected chi connectivity index (χ3v) is 3.91. The number of benzene rings is 1. The molecule has 0 aliphatic carbocycles. The summed E-state index contributed by atoms with van der Waals surface area (Å²) in [6, 6.07) is 7.81. The number of rotatable bonds is 7. The highest BCUT2D eigenvalue weighted by Gasteiger charge is 2.23. The van der Waals surface area contributed by atoms with E-state index >= 15 is 0 Å². The number of amides is 1. The van der Waals surface area contributed by atoms with Gasteiger partial charge in [-0.15, -0.1) is 0 Å². The molecule has 8 heteroatoms. The Kier molecular flexibility index (Phi) is 5.84. The van der Waals surface area contributed by atoms with Gasteiger partial charge in [-0.05, 0) is 19.4 Å². The molecule has 0 aliphatic heterocycles. The van der Waals surface area contributed by atoms with Crippen LogP contribution in [-0.4, -0.2) is 32.8 Å². The Balaban J connectivity index is 2.08. The van der Waals surface area contributed by atoms with Gasteiger partial charge >= 0.3 is 12.5 Å². The van der Waals surface area contributed by atoms with E-state index in [1.807, 2.05) is 6.07 Å². The van der Waals surface area contributed by atoms with E-state index in [1.54, 1.807) is 24.3 Å². The van der Waals surface area contributed by atoms with E-state index in [4.69, 9.17) is 0 Å². The van der Waals surface area contributed by atoms with Crippen LogP contribution in [0, 0.1) is 13.8 Å². The Hall–Kier alpha value is -2.77. The van der Waals surface area contributed by atoms with E-state index in [0.717, 1.165) is 5.56 Å². The van der Waals surface area contributed by atoms with Gasteiger partial charge in [-0.3, -0.25) is 4.79 Å². The first-order chi connectivity index (χ1) is 11.8. The standard InChI is InChI=1S/C17H19F2N3O3/c1-10-13(11(2)22(21-10)17(18)19)9-15(23)20-14(16(24)25)8-12-6-4-3-5-7-12/h3-7,14,17H,8-9H2,1-2H3,(H,20,23)(H,24,25)/t14-/m1/s1. The van der Waals surface area contributed by atoms with Gasteiger partial charge in [-0.2, -0.15) is 13.9 Å². The predicted molar refractivity (Wildman–Crippen MR) is 86.4 cm³/mol. The monoisotopic (exact) mass is 351 g/mol. The van der Waals surface area contributed by atoms with E-state index < -0.39 is 24.5 Å². The molecule has 2 aromatic rings. The molecule has 0 unspecified atom stereocenters. The van der Waals surface area contributed by atoms with Gasteiger partial charge in [-0.1, -0.05) is 30.3 Å². The van der Waals surface area contributed by atoms with Gasteiger partial charge in [0.2, 0.25) is 5.91 Å². The molecule has 0 fully saturated rings. The van der Waals surface area contributed by atoms with Gasteiger partial charge in [0.1, 0.15) is 6.04 Å². The highest BCUT2D eigenvalue weighted by molar-refractivity contribution is 5.85. The van der Waals surface area contributed by atoms with Crippen LogP contribution in [0.4, 0.5) is 8.78 Å². The topological polar surface area (TPSA) is 84.2 Å². The van der Waals surface area contributed by atoms with Crippen molar-refractivity contribution < 1.29 is 23.5 Å². The largest absolute Gasteiger partial charge is 0.480 e. The Morgan fingerprint density at radius 3 is 2.40 bits per heavy atom. The van der Waals surface area contributed by atoms with Crippen LogP contribution in [0.3, 0.4) is 0 Å². The molecule has 0 saturated heterocycles. The molecule has 1 amide bonds. The Morgan fingerprint density at radius 1 is 1.24 bits per heavy atom. The number of aryl methyl sites for hydroxylation is 1. The summed E-state index contributed by atoms with van der Waals surface area (Å²) in [5, 5.41) is 15.5. The van der Waals surface area contributed by atoms with Crippen molar-refractivity contribution in [2.45, 2.75) is 39.3 Å². The average Bonchev–Trinajstić information content (AvgIpc) is 2.83. The molecule has 6 nitrogen and oxygen atoms in total. The zero-order valence-electron chi connectivity index (χ0n) is 13.9. The molecule has 1 heterocycles. The van der Waals surface area contributed by atoms with E-state index in [-0.39, 0.29) is 18.5 Å². The maximum absolute atomic E-state index is 12.8. The highest BCUT2D eigenvalue weighted by atomic mass is 19.3. The van der Waals surface area contributed by atoms with Crippen LogP contribution >= 0.6 is 0 Å². The lowest BCUT2D eigenvalue weighted by Gasteiger charge is -2.15. The van der Waals surface area contributed by atoms with Crippen molar-refractivity contribution in [3.8, 4) is 0 Å². The molecule has 0 radical (unpaired) electrons. The van der Waals surface area contributed by atoms with Crippen molar-refractivity contribution in [1.82, 2.24) is 15.1 Å². The van der Waals surface area contributed by atoms with Crippen molar-refractivity contribution in [3.05, 3.63) is 52.8 Å². The van der Waals surface area contributed by atoms with Crippen LogP contribution in [0.5, 0.6) is 0 Å². The van der Waals surface area contributed by atoms with Crippen LogP contribution in [0.2, 0.25) is 0 Å². The summed E-state index contributed by atoms with van der Waals surface area (Å²) in [5.41, 5.74) is 1.66. The average molecular weight is 351 g/mol. The molecule has 2 rings (SSSR count). The Labute approximate surface area is 143 Å². The van der Waals surface area contributed by atoms with E-state index in [9.17, 15) is 23.5 Å². The van der Waals surface area contributed by atoms with Crippen molar-refractivity contribution in [2.24, 2.45) is 0 Å². The van der Waals surface area contributed by atoms with Crippen LogP contribution in [0.25, 0.3) is 0 Å². The number of aliphatic carboxylic acids is 1. The molecular formula is C17H19F2N3O3.